The van der Waals surface area contributed by atoms with E-state index in [0.717, 1.165) is 23.7 Å². The number of ether oxygens (including phenoxy) is 1. The first-order chi connectivity index (χ1) is 13.0. The van der Waals surface area contributed by atoms with Crippen LogP contribution in [0.3, 0.4) is 0 Å². The predicted octanol–water partition coefficient (Wildman–Crippen LogP) is 3.46. The largest absolute Gasteiger partial charge is 0.447 e. The van der Waals surface area contributed by atoms with Crippen molar-refractivity contribution in [2.75, 3.05) is 6.61 Å². The normalized spacial score (nSPS) is 26.4. The van der Waals surface area contributed by atoms with Gasteiger partial charge in [-0.2, -0.15) is 0 Å². The van der Waals surface area contributed by atoms with Crippen molar-refractivity contribution in [1.82, 2.24) is 10.2 Å². The molecule has 4 atom stereocenters. The first-order valence-electron chi connectivity index (χ1n) is 9.94. The van der Waals surface area contributed by atoms with Crippen molar-refractivity contribution in [2.24, 2.45) is 0 Å². The van der Waals surface area contributed by atoms with Crippen molar-refractivity contribution in [3.63, 3.8) is 0 Å². The fourth-order valence-corrected chi connectivity index (χ4v) is 7.14. The van der Waals surface area contributed by atoms with Gasteiger partial charge in [0, 0.05) is 0 Å². The summed E-state index contributed by atoms with van der Waals surface area (Å²) in [6, 6.07) is 11.9. The lowest BCUT2D eigenvalue weighted by Gasteiger charge is -2.47. The second-order valence-corrected chi connectivity index (χ2v) is 12.2. The van der Waals surface area contributed by atoms with Gasteiger partial charge in [-0.05, 0) is 30.6 Å². The lowest BCUT2D eigenvalue weighted by atomic mass is 9.91. The van der Waals surface area contributed by atoms with Gasteiger partial charge in [-0.25, -0.2) is 4.79 Å². The SMILES string of the molecule is CC[Si](CC)(CC)O[C@@H](C)[C@@H]1NC(=O)[C@H]1N1C(=O)OC[C@@H]1c1ccccc1. The molecule has 2 saturated heterocycles. The Morgan fingerprint density at radius 3 is 2.37 bits per heavy atom. The Bertz CT molecular complexity index is 672. The molecule has 0 saturated carbocycles. The summed E-state index contributed by atoms with van der Waals surface area (Å²) in [7, 11) is -1.80. The van der Waals surface area contributed by atoms with E-state index in [1.54, 1.807) is 4.90 Å². The topological polar surface area (TPSA) is 67.9 Å². The molecule has 2 aliphatic rings. The van der Waals surface area contributed by atoms with E-state index in [1.807, 2.05) is 37.3 Å². The summed E-state index contributed by atoms with van der Waals surface area (Å²) >= 11 is 0. The van der Waals surface area contributed by atoms with Crippen molar-refractivity contribution in [3.05, 3.63) is 35.9 Å². The zero-order valence-electron chi connectivity index (χ0n) is 16.6. The van der Waals surface area contributed by atoms with Crippen LogP contribution in [-0.4, -0.2) is 50.0 Å². The van der Waals surface area contributed by atoms with E-state index in [2.05, 4.69) is 26.1 Å². The molecule has 148 valence electrons. The Labute approximate surface area is 162 Å². The van der Waals surface area contributed by atoms with Crippen molar-refractivity contribution in [1.29, 1.82) is 0 Å². The van der Waals surface area contributed by atoms with E-state index in [4.69, 9.17) is 9.16 Å². The number of nitrogens with one attached hydrogen (secondary N) is 1. The maximum atomic E-state index is 12.5. The number of carbonyl (C=O) groups is 2. The molecule has 2 amide bonds. The second kappa shape index (κ2) is 8.02. The molecular weight excluding hydrogens is 360 g/mol. The third kappa shape index (κ3) is 3.62. The molecule has 0 aliphatic carbocycles. The summed E-state index contributed by atoms with van der Waals surface area (Å²) in [5.41, 5.74) is 0.981. The van der Waals surface area contributed by atoms with Gasteiger partial charge in [-0.1, -0.05) is 51.1 Å². The van der Waals surface area contributed by atoms with Gasteiger partial charge in [0.25, 0.3) is 0 Å². The highest BCUT2D eigenvalue weighted by Gasteiger charge is 2.54. The number of hydrogen-bond donors (Lipinski definition) is 1. The summed E-state index contributed by atoms with van der Waals surface area (Å²) < 4.78 is 11.9. The number of nitrogens with zero attached hydrogens (tertiary/aromatic N) is 1. The molecule has 1 aromatic rings. The zero-order chi connectivity index (χ0) is 19.6. The number of hydrogen-bond acceptors (Lipinski definition) is 4. The second-order valence-electron chi connectivity index (χ2n) is 7.46. The first-order valence-corrected chi connectivity index (χ1v) is 12.5. The van der Waals surface area contributed by atoms with Gasteiger partial charge in [-0.15, -0.1) is 0 Å². The predicted molar refractivity (Wildman–Crippen MR) is 106 cm³/mol. The van der Waals surface area contributed by atoms with E-state index in [-0.39, 0.29) is 30.7 Å². The number of rotatable bonds is 8. The molecule has 6 nitrogen and oxygen atoms in total. The molecule has 0 radical (unpaired) electrons. The number of amides is 2. The number of cyclic esters (lactones) is 1. The smallest absolute Gasteiger partial charge is 0.411 e. The first kappa shape index (κ1) is 19.9. The van der Waals surface area contributed by atoms with Crippen LogP contribution in [0.5, 0.6) is 0 Å². The Kier molecular flexibility index (Phi) is 5.91. The Morgan fingerprint density at radius 2 is 1.81 bits per heavy atom. The monoisotopic (exact) mass is 390 g/mol. The third-order valence-corrected chi connectivity index (χ3v) is 10.9. The van der Waals surface area contributed by atoms with Crippen molar-refractivity contribution < 1.29 is 18.8 Å². The fraction of sp³-hybridized carbons (Fsp3) is 0.600. The van der Waals surface area contributed by atoms with Crippen LogP contribution in [0.15, 0.2) is 30.3 Å². The van der Waals surface area contributed by atoms with E-state index in [1.165, 1.54) is 0 Å². The van der Waals surface area contributed by atoms with Crippen molar-refractivity contribution in [3.8, 4) is 0 Å². The van der Waals surface area contributed by atoms with Crippen LogP contribution in [0.1, 0.15) is 39.3 Å². The van der Waals surface area contributed by atoms with Crippen LogP contribution in [-0.2, 0) is 14.0 Å². The van der Waals surface area contributed by atoms with Gasteiger partial charge in [0.05, 0.1) is 18.2 Å². The molecule has 3 rings (SSSR count). The molecular formula is C20H30N2O4Si. The Morgan fingerprint density at radius 1 is 1.19 bits per heavy atom. The van der Waals surface area contributed by atoms with Crippen LogP contribution in [0, 0.1) is 0 Å². The summed E-state index contributed by atoms with van der Waals surface area (Å²) in [6.07, 6.45) is -0.560. The highest BCUT2D eigenvalue weighted by Crippen LogP contribution is 2.35. The van der Waals surface area contributed by atoms with Gasteiger partial charge in [0.1, 0.15) is 12.6 Å². The van der Waals surface area contributed by atoms with E-state index < -0.39 is 20.5 Å². The average molecular weight is 391 g/mol. The highest BCUT2D eigenvalue weighted by atomic mass is 28.4. The van der Waals surface area contributed by atoms with Crippen LogP contribution >= 0.6 is 0 Å². The number of carbonyl (C=O) groups excluding carboxylic acids is 2. The maximum Gasteiger partial charge on any atom is 0.411 e. The maximum absolute atomic E-state index is 12.5. The van der Waals surface area contributed by atoms with Crippen LogP contribution in [0.25, 0.3) is 0 Å². The lowest BCUT2D eigenvalue weighted by molar-refractivity contribution is -0.139. The summed E-state index contributed by atoms with van der Waals surface area (Å²) in [4.78, 5) is 26.5. The molecule has 1 N–H and O–H groups in total. The average Bonchev–Trinajstić information content (AvgIpc) is 3.05. The summed E-state index contributed by atoms with van der Waals surface area (Å²) in [5, 5.41) is 2.97. The third-order valence-electron chi connectivity index (χ3n) is 6.19. The number of β-lactam (4-membered cyclic amide) rings is 1. The lowest BCUT2D eigenvalue weighted by Crippen LogP contribution is -2.73. The molecule has 7 heteroatoms. The van der Waals surface area contributed by atoms with E-state index in [9.17, 15) is 9.59 Å². The van der Waals surface area contributed by atoms with Crippen molar-refractivity contribution in [2.45, 2.75) is 70.1 Å². The molecule has 2 aliphatic heterocycles. The highest BCUT2D eigenvalue weighted by molar-refractivity contribution is 6.73. The van der Waals surface area contributed by atoms with Crippen LogP contribution in [0.2, 0.25) is 18.1 Å². The summed E-state index contributed by atoms with van der Waals surface area (Å²) in [5.74, 6) is -0.132. The quantitative estimate of drug-likeness (QED) is 0.545. The molecule has 0 bridgehead atoms. The summed E-state index contributed by atoms with van der Waals surface area (Å²) in [6.45, 7) is 8.84. The number of benzene rings is 1. The van der Waals surface area contributed by atoms with Gasteiger partial charge >= 0.3 is 6.09 Å². The molecule has 0 unspecified atom stereocenters. The molecule has 2 fully saturated rings. The molecule has 27 heavy (non-hydrogen) atoms. The van der Waals surface area contributed by atoms with E-state index >= 15 is 0 Å². The molecule has 0 spiro atoms. The van der Waals surface area contributed by atoms with Crippen LogP contribution in [0.4, 0.5) is 4.79 Å². The standard InChI is InChI=1S/C20H30N2O4Si/c1-5-27(6-2,7-3)26-14(4)17-18(19(23)21-17)22-16(13-25-20(22)24)15-11-9-8-10-12-15/h8-12,14,16-18H,5-7,13H2,1-4H3,(H,21,23)/t14-,16+,17-,18-/m0/s1. The zero-order valence-corrected chi connectivity index (χ0v) is 17.6. The van der Waals surface area contributed by atoms with Gasteiger partial charge in [0.2, 0.25) is 5.91 Å². The Balaban J connectivity index is 1.80. The fourth-order valence-electron chi connectivity index (χ4n) is 4.21. The minimum absolute atomic E-state index is 0.132. The van der Waals surface area contributed by atoms with Crippen LogP contribution < -0.4 is 5.32 Å². The van der Waals surface area contributed by atoms with Crippen molar-refractivity contribution >= 4 is 20.3 Å². The molecule has 2 heterocycles. The molecule has 1 aromatic carbocycles. The minimum atomic E-state index is -1.80. The van der Waals surface area contributed by atoms with E-state index in [0.29, 0.717) is 0 Å². The van der Waals surface area contributed by atoms with Gasteiger partial charge in [0.15, 0.2) is 8.32 Å². The minimum Gasteiger partial charge on any atom is -0.447 e. The Hall–Kier alpha value is -1.86. The van der Waals surface area contributed by atoms with Gasteiger partial charge in [-0.3, -0.25) is 9.69 Å². The van der Waals surface area contributed by atoms with Gasteiger partial charge < -0.3 is 14.5 Å². The molecule has 0 aromatic heterocycles.